The maximum atomic E-state index is 12.8. The first-order valence-corrected chi connectivity index (χ1v) is 26.7. The van der Waals surface area contributed by atoms with Gasteiger partial charge in [0.2, 0.25) is 0 Å². The van der Waals surface area contributed by atoms with Crippen molar-refractivity contribution in [2.45, 2.75) is 303 Å². The van der Waals surface area contributed by atoms with Crippen molar-refractivity contribution in [2.24, 2.45) is 0 Å². The van der Waals surface area contributed by atoms with Crippen LogP contribution in [0.15, 0.2) is 12.2 Å². The Balaban J connectivity index is 4.23. The second-order valence-electron chi connectivity index (χ2n) is 18.2. The van der Waals surface area contributed by atoms with Gasteiger partial charge in [-0.3, -0.25) is 14.4 Å². The van der Waals surface area contributed by atoms with Gasteiger partial charge in [-0.15, -0.1) is 0 Å². The number of rotatable bonds is 49. The molecule has 0 aromatic rings. The molecule has 0 aliphatic carbocycles. The topological polar surface area (TPSA) is 78.9 Å². The Kier molecular flexibility index (Phi) is 48.3. The van der Waals surface area contributed by atoms with Crippen LogP contribution in [-0.2, 0) is 28.6 Å². The number of hydrogen-bond acceptors (Lipinski definition) is 6. The number of ether oxygens (including phenoxy) is 3. The summed E-state index contributed by atoms with van der Waals surface area (Å²) in [6.45, 7) is 6.64. The van der Waals surface area contributed by atoms with Gasteiger partial charge < -0.3 is 14.2 Å². The molecule has 0 amide bonds. The van der Waals surface area contributed by atoms with E-state index in [2.05, 4.69) is 32.9 Å². The molecule has 1 atom stereocenters. The molecule has 6 heteroatoms. The van der Waals surface area contributed by atoms with Crippen LogP contribution >= 0.6 is 0 Å². The molecule has 60 heavy (non-hydrogen) atoms. The molecule has 0 saturated heterocycles. The van der Waals surface area contributed by atoms with Gasteiger partial charge in [0.25, 0.3) is 0 Å². The Hall–Kier alpha value is -1.85. The molecule has 0 bridgehead atoms. The summed E-state index contributed by atoms with van der Waals surface area (Å²) in [5.74, 6) is -0.858. The maximum absolute atomic E-state index is 12.8. The number of unbranched alkanes of at least 4 members (excludes halogenated alkanes) is 36. The van der Waals surface area contributed by atoms with Gasteiger partial charge in [0, 0.05) is 19.3 Å². The van der Waals surface area contributed by atoms with E-state index >= 15 is 0 Å². The number of carbonyl (C=O) groups is 3. The van der Waals surface area contributed by atoms with E-state index in [9.17, 15) is 14.4 Å². The molecule has 0 rings (SSSR count). The van der Waals surface area contributed by atoms with Gasteiger partial charge in [0.1, 0.15) is 13.2 Å². The monoisotopic (exact) mass is 847 g/mol. The molecule has 0 aliphatic heterocycles. The lowest BCUT2D eigenvalue weighted by molar-refractivity contribution is -0.167. The summed E-state index contributed by atoms with van der Waals surface area (Å²) in [7, 11) is 0. The average Bonchev–Trinajstić information content (AvgIpc) is 3.24. The zero-order valence-corrected chi connectivity index (χ0v) is 40.5. The Morgan fingerprint density at radius 2 is 0.550 bits per heavy atom. The van der Waals surface area contributed by atoms with Gasteiger partial charge in [-0.2, -0.15) is 0 Å². The van der Waals surface area contributed by atoms with Crippen LogP contribution in [0.4, 0.5) is 0 Å². The second kappa shape index (κ2) is 49.8. The van der Waals surface area contributed by atoms with Gasteiger partial charge in [0.15, 0.2) is 6.10 Å². The molecule has 0 radical (unpaired) electrons. The third-order valence-electron chi connectivity index (χ3n) is 12.0. The smallest absolute Gasteiger partial charge is 0.306 e. The molecule has 6 nitrogen and oxygen atoms in total. The van der Waals surface area contributed by atoms with Gasteiger partial charge >= 0.3 is 17.9 Å². The predicted molar refractivity (Wildman–Crippen MR) is 256 cm³/mol. The molecule has 354 valence electrons. The highest BCUT2D eigenvalue weighted by Gasteiger charge is 2.19. The van der Waals surface area contributed by atoms with Crippen LogP contribution in [0, 0.1) is 0 Å². The van der Waals surface area contributed by atoms with E-state index in [1.54, 1.807) is 0 Å². The highest BCUT2D eigenvalue weighted by Crippen LogP contribution is 2.16. The first-order chi connectivity index (χ1) is 29.5. The van der Waals surface area contributed by atoms with Gasteiger partial charge in [-0.1, -0.05) is 245 Å². The summed E-state index contributed by atoms with van der Waals surface area (Å²) in [5.41, 5.74) is 0. The fourth-order valence-corrected chi connectivity index (χ4v) is 7.97. The third-order valence-corrected chi connectivity index (χ3v) is 12.0. The van der Waals surface area contributed by atoms with E-state index in [0.717, 1.165) is 57.8 Å². The van der Waals surface area contributed by atoms with E-state index in [1.807, 2.05) is 0 Å². The summed E-state index contributed by atoms with van der Waals surface area (Å²) in [6, 6.07) is 0. The standard InChI is InChI=1S/C54H102O6/c1-4-7-10-13-16-19-21-23-25-27-28-30-31-33-35-38-41-44-47-53(56)59-50-51(49-58-52(55)46-43-40-37-18-15-12-9-6-3)60-54(57)48-45-42-39-36-34-32-29-26-24-22-20-17-14-11-8-5-2/h25,27,51H,4-24,26,28-50H2,1-3H3/b27-25-. The molecule has 0 aromatic heterocycles. The van der Waals surface area contributed by atoms with E-state index in [4.69, 9.17) is 14.2 Å². The highest BCUT2D eigenvalue weighted by atomic mass is 16.6. The minimum atomic E-state index is -0.764. The Morgan fingerprint density at radius 3 is 0.833 bits per heavy atom. The fraction of sp³-hybridized carbons (Fsp3) is 0.907. The van der Waals surface area contributed by atoms with Crippen molar-refractivity contribution in [2.75, 3.05) is 13.2 Å². The van der Waals surface area contributed by atoms with Crippen molar-refractivity contribution in [3.63, 3.8) is 0 Å². The Labute approximate surface area is 373 Å². The summed E-state index contributed by atoms with van der Waals surface area (Å²) in [5, 5.41) is 0. The van der Waals surface area contributed by atoms with Crippen LogP contribution in [0.5, 0.6) is 0 Å². The minimum Gasteiger partial charge on any atom is -0.462 e. The number of hydrogen-bond donors (Lipinski definition) is 0. The third kappa shape index (κ3) is 47.2. The van der Waals surface area contributed by atoms with Gasteiger partial charge in [-0.25, -0.2) is 0 Å². The molecule has 0 saturated carbocycles. The van der Waals surface area contributed by atoms with Crippen LogP contribution in [0.3, 0.4) is 0 Å². The zero-order valence-electron chi connectivity index (χ0n) is 40.5. The van der Waals surface area contributed by atoms with E-state index < -0.39 is 6.10 Å². The average molecular weight is 847 g/mol. The van der Waals surface area contributed by atoms with Crippen molar-refractivity contribution in [1.82, 2.24) is 0 Å². The summed E-state index contributed by atoms with van der Waals surface area (Å²) < 4.78 is 16.8. The lowest BCUT2D eigenvalue weighted by Crippen LogP contribution is -2.30. The van der Waals surface area contributed by atoms with Gasteiger partial charge in [-0.05, 0) is 44.9 Å². The van der Waals surface area contributed by atoms with Crippen molar-refractivity contribution in [1.29, 1.82) is 0 Å². The Bertz CT molecular complexity index is 931. The number of esters is 3. The summed E-state index contributed by atoms with van der Waals surface area (Å²) in [6.07, 6.45) is 54.9. The van der Waals surface area contributed by atoms with Gasteiger partial charge in [0.05, 0.1) is 0 Å². The fourth-order valence-electron chi connectivity index (χ4n) is 7.97. The van der Waals surface area contributed by atoms with Crippen molar-refractivity contribution >= 4 is 17.9 Å². The van der Waals surface area contributed by atoms with E-state index in [-0.39, 0.29) is 31.1 Å². The largest absolute Gasteiger partial charge is 0.462 e. The summed E-state index contributed by atoms with van der Waals surface area (Å²) >= 11 is 0. The molecule has 0 aliphatic rings. The van der Waals surface area contributed by atoms with Crippen LogP contribution < -0.4 is 0 Å². The summed E-state index contributed by atoms with van der Waals surface area (Å²) in [4.78, 5) is 37.9. The van der Waals surface area contributed by atoms with E-state index in [1.165, 1.54) is 199 Å². The molecular formula is C54H102O6. The SMILES string of the molecule is CCCCCCCCC/C=C\CCCCCCCCCC(=O)OCC(COC(=O)CCCCCCCCCC)OC(=O)CCCCCCCCCCCCCCCCCC. The molecular weight excluding hydrogens is 745 g/mol. The van der Waals surface area contributed by atoms with Crippen LogP contribution in [0.2, 0.25) is 0 Å². The van der Waals surface area contributed by atoms with Crippen molar-refractivity contribution in [3.8, 4) is 0 Å². The molecule has 0 fully saturated rings. The molecule has 0 heterocycles. The van der Waals surface area contributed by atoms with Crippen LogP contribution in [-0.4, -0.2) is 37.2 Å². The van der Waals surface area contributed by atoms with Crippen molar-refractivity contribution < 1.29 is 28.6 Å². The Morgan fingerprint density at radius 1 is 0.317 bits per heavy atom. The zero-order chi connectivity index (χ0) is 43.7. The minimum absolute atomic E-state index is 0.0667. The number of allylic oxidation sites excluding steroid dienone is 2. The first kappa shape index (κ1) is 58.1. The lowest BCUT2D eigenvalue weighted by atomic mass is 10.0. The quantitative estimate of drug-likeness (QED) is 0.0263. The molecule has 0 N–H and O–H groups in total. The lowest BCUT2D eigenvalue weighted by Gasteiger charge is -2.18. The number of carbonyl (C=O) groups excluding carboxylic acids is 3. The van der Waals surface area contributed by atoms with Crippen LogP contribution in [0.1, 0.15) is 297 Å². The predicted octanol–water partition coefficient (Wildman–Crippen LogP) is 17.4. The highest BCUT2D eigenvalue weighted by molar-refractivity contribution is 5.71. The molecule has 0 spiro atoms. The molecule has 1 unspecified atom stereocenters. The van der Waals surface area contributed by atoms with Crippen LogP contribution in [0.25, 0.3) is 0 Å². The normalized spacial score (nSPS) is 12.0. The van der Waals surface area contributed by atoms with E-state index in [0.29, 0.717) is 19.3 Å². The van der Waals surface area contributed by atoms with Crippen molar-refractivity contribution in [3.05, 3.63) is 12.2 Å². The molecule has 0 aromatic carbocycles. The maximum Gasteiger partial charge on any atom is 0.306 e. The first-order valence-electron chi connectivity index (χ1n) is 26.7. The second-order valence-corrected chi connectivity index (χ2v) is 18.2.